The van der Waals surface area contributed by atoms with E-state index in [4.69, 9.17) is 14.3 Å². The molecule has 0 fully saturated rings. The number of nitrogens with zero attached hydrogens (tertiary/aromatic N) is 1. The lowest BCUT2D eigenvalue weighted by atomic mass is 9.98. The molecule has 130 valence electrons. The fourth-order valence-corrected chi connectivity index (χ4v) is 3.06. The van der Waals surface area contributed by atoms with Crippen LogP contribution in [0.15, 0.2) is 21.9 Å². The fourth-order valence-electron chi connectivity index (χ4n) is 2.41. The second-order valence-electron chi connectivity index (χ2n) is 5.79. The van der Waals surface area contributed by atoms with Crippen molar-refractivity contribution in [3.05, 3.63) is 29.0 Å². The number of hydrogen-bond acceptors (Lipinski definition) is 6. The Morgan fingerprint density at radius 3 is 2.83 bits per heavy atom. The van der Waals surface area contributed by atoms with Gasteiger partial charge in [-0.1, -0.05) is 6.07 Å². The molecule has 8 heteroatoms. The van der Waals surface area contributed by atoms with Crippen molar-refractivity contribution >= 4 is 23.2 Å². The molecule has 0 bridgehead atoms. The lowest BCUT2D eigenvalue weighted by molar-refractivity contribution is -0.139. The van der Waals surface area contributed by atoms with E-state index in [-0.39, 0.29) is 25.4 Å². The Labute approximate surface area is 143 Å². The third-order valence-corrected chi connectivity index (χ3v) is 4.26. The van der Waals surface area contributed by atoms with Crippen LogP contribution in [0.4, 0.5) is 0 Å². The van der Waals surface area contributed by atoms with Crippen LogP contribution in [0.1, 0.15) is 24.8 Å². The third-order valence-electron chi connectivity index (χ3n) is 3.40. The smallest absolute Gasteiger partial charge is 0.305 e. The van der Waals surface area contributed by atoms with Crippen molar-refractivity contribution in [3.8, 4) is 10.8 Å². The largest absolute Gasteiger partial charge is 0.481 e. The number of amides is 1. The summed E-state index contributed by atoms with van der Waals surface area (Å²) < 4.78 is 10.6. The summed E-state index contributed by atoms with van der Waals surface area (Å²) in [4.78, 5) is 28.5. The van der Waals surface area contributed by atoms with E-state index in [9.17, 15) is 9.59 Å². The van der Waals surface area contributed by atoms with Gasteiger partial charge in [-0.15, -0.1) is 11.3 Å². The number of methoxy groups -OCH3 is 1. The highest BCUT2D eigenvalue weighted by atomic mass is 32.1. The molecular formula is C16H20N2O5S. The SMILES string of the molecule is COCC(C)(CC(=O)O)NC(=O)Cc1nc(-c2cccs2)oc1C. The molecule has 0 aliphatic carbocycles. The van der Waals surface area contributed by atoms with Crippen LogP contribution in [0.25, 0.3) is 10.8 Å². The van der Waals surface area contributed by atoms with Crippen molar-refractivity contribution < 1.29 is 23.8 Å². The number of carbonyl (C=O) groups excluding carboxylic acids is 1. The zero-order chi connectivity index (χ0) is 17.7. The number of carboxylic acids is 1. The molecule has 0 saturated heterocycles. The van der Waals surface area contributed by atoms with Crippen LogP contribution in [0.5, 0.6) is 0 Å². The molecule has 0 spiro atoms. The Bertz CT molecular complexity index is 710. The number of aromatic nitrogens is 1. The first kappa shape index (κ1) is 18.2. The lowest BCUT2D eigenvalue weighted by Gasteiger charge is -2.28. The molecule has 2 rings (SSSR count). The predicted molar refractivity (Wildman–Crippen MR) is 88.9 cm³/mol. The molecular weight excluding hydrogens is 332 g/mol. The van der Waals surface area contributed by atoms with Gasteiger partial charge in [-0.3, -0.25) is 9.59 Å². The van der Waals surface area contributed by atoms with E-state index in [0.29, 0.717) is 17.3 Å². The fraction of sp³-hybridized carbons (Fsp3) is 0.438. The van der Waals surface area contributed by atoms with Crippen molar-refractivity contribution in [2.75, 3.05) is 13.7 Å². The van der Waals surface area contributed by atoms with Crippen molar-refractivity contribution in [2.24, 2.45) is 0 Å². The van der Waals surface area contributed by atoms with Gasteiger partial charge in [0.2, 0.25) is 11.8 Å². The maximum absolute atomic E-state index is 12.3. The number of carboxylic acid groups (broad SMARTS) is 1. The van der Waals surface area contributed by atoms with Crippen molar-refractivity contribution in [3.63, 3.8) is 0 Å². The molecule has 0 radical (unpaired) electrons. The zero-order valence-electron chi connectivity index (χ0n) is 13.8. The third kappa shape index (κ3) is 4.65. The standard InChI is InChI=1S/C16H20N2O5S/c1-10-11(17-15(23-10)12-5-4-6-24-12)7-13(19)18-16(2,9-22-3)8-14(20)21/h4-6H,7-9H2,1-3H3,(H,18,19)(H,20,21). The lowest BCUT2D eigenvalue weighted by Crippen LogP contribution is -2.51. The van der Waals surface area contributed by atoms with Crippen LogP contribution in [0, 0.1) is 6.92 Å². The summed E-state index contributed by atoms with van der Waals surface area (Å²) in [5.74, 6) is -0.284. The number of carbonyl (C=O) groups is 2. The van der Waals surface area contributed by atoms with Crippen molar-refractivity contribution in [1.82, 2.24) is 10.3 Å². The molecule has 0 saturated carbocycles. The van der Waals surface area contributed by atoms with Gasteiger partial charge in [0.1, 0.15) is 5.76 Å². The molecule has 24 heavy (non-hydrogen) atoms. The van der Waals surface area contributed by atoms with Gasteiger partial charge in [0.25, 0.3) is 0 Å². The van der Waals surface area contributed by atoms with Gasteiger partial charge in [0.15, 0.2) is 0 Å². The van der Waals surface area contributed by atoms with E-state index in [1.165, 1.54) is 18.4 Å². The number of oxazole rings is 1. The topological polar surface area (TPSA) is 102 Å². The van der Waals surface area contributed by atoms with Crippen LogP contribution < -0.4 is 5.32 Å². The monoisotopic (exact) mass is 352 g/mol. The van der Waals surface area contributed by atoms with Crippen LogP contribution in [0.2, 0.25) is 0 Å². The summed E-state index contributed by atoms with van der Waals surface area (Å²) in [7, 11) is 1.46. The van der Waals surface area contributed by atoms with Gasteiger partial charge < -0.3 is 19.6 Å². The minimum absolute atomic E-state index is 0.0135. The summed E-state index contributed by atoms with van der Waals surface area (Å²) in [5, 5.41) is 13.6. The summed E-state index contributed by atoms with van der Waals surface area (Å²) in [6.07, 6.45) is -0.218. The Hall–Kier alpha value is -2.19. The maximum atomic E-state index is 12.3. The highest BCUT2D eigenvalue weighted by Gasteiger charge is 2.30. The quantitative estimate of drug-likeness (QED) is 0.755. The Morgan fingerprint density at radius 2 is 2.25 bits per heavy atom. The van der Waals surface area contributed by atoms with Gasteiger partial charge in [-0.05, 0) is 25.3 Å². The van der Waals surface area contributed by atoms with E-state index in [2.05, 4.69) is 10.3 Å². The number of hydrogen-bond donors (Lipinski definition) is 2. The first-order valence-electron chi connectivity index (χ1n) is 7.35. The highest BCUT2D eigenvalue weighted by Crippen LogP contribution is 2.26. The summed E-state index contributed by atoms with van der Waals surface area (Å²) in [6.45, 7) is 3.48. The number of thiophene rings is 1. The summed E-state index contributed by atoms with van der Waals surface area (Å²) in [5.41, 5.74) is -0.447. The minimum atomic E-state index is -1.01. The Balaban J connectivity index is 2.07. The average Bonchev–Trinajstić information content (AvgIpc) is 3.08. The van der Waals surface area contributed by atoms with Crippen LogP contribution >= 0.6 is 11.3 Å². The Morgan fingerprint density at radius 1 is 1.50 bits per heavy atom. The molecule has 2 N–H and O–H groups in total. The van der Waals surface area contributed by atoms with Gasteiger partial charge in [-0.2, -0.15) is 0 Å². The average molecular weight is 352 g/mol. The summed E-state index contributed by atoms with van der Waals surface area (Å²) in [6, 6.07) is 3.79. The minimum Gasteiger partial charge on any atom is -0.481 e. The number of nitrogens with one attached hydrogen (secondary N) is 1. The van der Waals surface area contributed by atoms with Crippen LogP contribution in [-0.4, -0.2) is 41.2 Å². The van der Waals surface area contributed by atoms with E-state index < -0.39 is 11.5 Å². The first-order chi connectivity index (χ1) is 11.3. The summed E-state index contributed by atoms with van der Waals surface area (Å²) >= 11 is 1.50. The first-order valence-corrected chi connectivity index (χ1v) is 8.23. The van der Waals surface area contributed by atoms with Gasteiger partial charge in [-0.25, -0.2) is 4.98 Å². The molecule has 7 nitrogen and oxygen atoms in total. The predicted octanol–water partition coefficient (Wildman–Crippen LogP) is 2.25. The van der Waals surface area contributed by atoms with Crippen molar-refractivity contribution in [2.45, 2.75) is 32.2 Å². The number of rotatable bonds is 8. The zero-order valence-corrected chi connectivity index (χ0v) is 14.6. The molecule has 0 aromatic carbocycles. The molecule has 2 heterocycles. The Kier molecular flexibility index (Phi) is 5.74. The van der Waals surface area contributed by atoms with E-state index in [1.807, 2.05) is 17.5 Å². The second kappa shape index (κ2) is 7.59. The van der Waals surface area contributed by atoms with Gasteiger partial charge >= 0.3 is 5.97 Å². The molecule has 0 aliphatic heterocycles. The second-order valence-corrected chi connectivity index (χ2v) is 6.74. The van der Waals surface area contributed by atoms with E-state index >= 15 is 0 Å². The van der Waals surface area contributed by atoms with Gasteiger partial charge in [0, 0.05) is 7.11 Å². The van der Waals surface area contributed by atoms with E-state index in [0.717, 1.165) is 4.88 Å². The highest BCUT2D eigenvalue weighted by molar-refractivity contribution is 7.13. The van der Waals surface area contributed by atoms with Crippen LogP contribution in [0.3, 0.4) is 0 Å². The molecule has 2 aromatic heterocycles. The number of aryl methyl sites for hydroxylation is 1. The molecule has 1 atom stereocenters. The van der Waals surface area contributed by atoms with Gasteiger partial charge in [0.05, 0.1) is 35.6 Å². The van der Waals surface area contributed by atoms with Crippen LogP contribution in [-0.2, 0) is 20.7 Å². The molecule has 0 aliphatic rings. The maximum Gasteiger partial charge on any atom is 0.305 e. The van der Waals surface area contributed by atoms with E-state index in [1.54, 1.807) is 13.8 Å². The van der Waals surface area contributed by atoms with Crippen molar-refractivity contribution in [1.29, 1.82) is 0 Å². The number of aliphatic carboxylic acids is 1. The number of ether oxygens (including phenoxy) is 1. The molecule has 1 amide bonds. The molecule has 2 aromatic rings. The normalized spacial score (nSPS) is 13.5. The molecule has 1 unspecified atom stereocenters.